The predicted octanol–water partition coefficient (Wildman–Crippen LogP) is 15.5. The van der Waals surface area contributed by atoms with Crippen molar-refractivity contribution in [3.63, 3.8) is 0 Å². The van der Waals surface area contributed by atoms with Crippen molar-refractivity contribution in [1.29, 1.82) is 0 Å². The van der Waals surface area contributed by atoms with Gasteiger partial charge in [0.1, 0.15) is 0 Å². The van der Waals surface area contributed by atoms with E-state index in [4.69, 9.17) is 4.98 Å². The Kier molecular flexibility index (Phi) is 7.90. The maximum Gasteiger partial charge on any atom is 0.0641 e. The number of anilines is 6. The Morgan fingerprint density at radius 1 is 0.397 bits per heavy atom. The Bertz CT molecular complexity index is 3500. The summed E-state index contributed by atoms with van der Waals surface area (Å²) in [5.74, 6) is 0. The minimum absolute atomic E-state index is 0.871. The van der Waals surface area contributed by atoms with Crippen molar-refractivity contribution in [2.24, 2.45) is 0 Å². The van der Waals surface area contributed by atoms with Crippen LogP contribution in [0.3, 0.4) is 0 Å². The molecule has 3 aliphatic rings. The first-order chi connectivity index (χ1) is 31.3. The number of nitrogens with zero attached hydrogens (tertiary/aromatic N) is 5. The minimum Gasteiger partial charge on any atom is -0.309 e. The minimum atomic E-state index is 0.871. The molecule has 0 bridgehead atoms. The summed E-state index contributed by atoms with van der Waals surface area (Å²) in [6.07, 6.45) is 14.0. The van der Waals surface area contributed by atoms with Crippen LogP contribution in [-0.4, -0.2) is 14.1 Å². The number of hydrogen-bond acceptors (Lipinski definition) is 3. The molecule has 0 saturated carbocycles. The number of pyridine rings is 1. The van der Waals surface area contributed by atoms with Crippen LogP contribution in [0.25, 0.3) is 79.2 Å². The number of benzene rings is 7. The number of rotatable bonds is 4. The van der Waals surface area contributed by atoms with E-state index in [1.54, 1.807) is 0 Å². The van der Waals surface area contributed by atoms with Crippen LogP contribution in [0.2, 0.25) is 0 Å². The fraction of sp³-hybridized carbons (Fsp3) is 0.0172. The van der Waals surface area contributed by atoms with Gasteiger partial charge in [-0.15, -0.1) is 0 Å². The molecular formula is C58H39N5. The molecule has 63 heavy (non-hydrogen) atoms. The summed E-state index contributed by atoms with van der Waals surface area (Å²) in [4.78, 5) is 9.59. The Labute approximate surface area is 366 Å². The van der Waals surface area contributed by atoms with Gasteiger partial charge >= 0.3 is 0 Å². The summed E-state index contributed by atoms with van der Waals surface area (Å²) in [6, 6.07) is 68.3. The lowest BCUT2D eigenvalue weighted by Crippen LogP contribution is -2.12. The van der Waals surface area contributed by atoms with E-state index in [0.29, 0.717) is 0 Å². The molecule has 0 radical (unpaired) electrons. The predicted molar refractivity (Wildman–Crippen MR) is 261 cm³/mol. The van der Waals surface area contributed by atoms with Gasteiger partial charge in [0.05, 0.1) is 45.3 Å². The van der Waals surface area contributed by atoms with Crippen molar-refractivity contribution in [1.82, 2.24) is 14.1 Å². The van der Waals surface area contributed by atoms with E-state index < -0.39 is 0 Å². The maximum absolute atomic E-state index is 4.70. The van der Waals surface area contributed by atoms with Crippen LogP contribution >= 0.6 is 0 Å². The number of allylic oxidation sites excluding steroid dienone is 2. The summed E-state index contributed by atoms with van der Waals surface area (Å²) in [6.45, 7) is 0. The van der Waals surface area contributed by atoms with Gasteiger partial charge in [0.2, 0.25) is 0 Å². The van der Waals surface area contributed by atoms with Crippen LogP contribution in [-0.2, 0) is 0 Å². The normalized spacial score (nSPS) is 13.1. The highest BCUT2D eigenvalue weighted by Crippen LogP contribution is 2.57. The Morgan fingerprint density at radius 2 is 0.905 bits per heavy atom. The highest BCUT2D eigenvalue weighted by Gasteiger charge is 2.34. The summed E-state index contributed by atoms with van der Waals surface area (Å²) in [5.41, 5.74) is 21.9. The molecule has 0 saturated heterocycles. The van der Waals surface area contributed by atoms with Crippen molar-refractivity contribution in [3.8, 4) is 56.1 Å². The third-order valence-electron chi connectivity index (χ3n) is 12.9. The summed E-state index contributed by atoms with van der Waals surface area (Å²) in [7, 11) is 0. The number of aromatic nitrogens is 3. The molecule has 0 amide bonds. The topological polar surface area (TPSA) is 29.2 Å². The van der Waals surface area contributed by atoms with Gasteiger partial charge in [0, 0.05) is 79.5 Å². The Hall–Kier alpha value is -8.41. The van der Waals surface area contributed by atoms with Crippen molar-refractivity contribution in [2.45, 2.75) is 6.42 Å². The number of hydrogen-bond donors (Lipinski definition) is 0. The largest absolute Gasteiger partial charge is 0.309 e. The molecule has 296 valence electrons. The zero-order valence-corrected chi connectivity index (χ0v) is 34.3. The van der Waals surface area contributed by atoms with E-state index in [2.05, 4.69) is 231 Å². The van der Waals surface area contributed by atoms with Gasteiger partial charge in [-0.1, -0.05) is 133 Å². The van der Waals surface area contributed by atoms with Crippen LogP contribution in [0.15, 0.2) is 213 Å². The molecule has 2 aliphatic heterocycles. The third-order valence-corrected chi connectivity index (χ3v) is 12.9. The van der Waals surface area contributed by atoms with Gasteiger partial charge < -0.3 is 18.9 Å². The van der Waals surface area contributed by atoms with E-state index in [0.717, 1.165) is 79.6 Å². The number of fused-ring (bicyclic) bond motifs is 14. The van der Waals surface area contributed by atoms with Gasteiger partial charge in [-0.2, -0.15) is 0 Å². The fourth-order valence-corrected chi connectivity index (χ4v) is 10.4. The molecule has 13 rings (SSSR count). The average Bonchev–Trinajstić information content (AvgIpc) is 3.62. The molecule has 0 spiro atoms. The standard InChI is InChI=1S/C58H39N5/c1-4-19-39(20-5-1)60-49-31-14-10-26-43(49)55-45-25-8-3-9-30-51(45)63(57(55)46-28-12-16-33-52(46)60)42-24-18-23-41(37-42)61-50-32-15-11-27-44(50)56-48-38-59-36-35-54(48)62(40-21-6-2-7-22-40)58(56)47-29-13-17-34-53(47)61/h1-2,4-38H,3H2. The van der Waals surface area contributed by atoms with Crippen LogP contribution < -0.4 is 9.80 Å². The van der Waals surface area contributed by atoms with E-state index in [9.17, 15) is 0 Å². The molecule has 0 atom stereocenters. The Balaban J connectivity index is 1.09. The second-order valence-corrected chi connectivity index (χ2v) is 16.3. The first-order valence-electron chi connectivity index (χ1n) is 21.6. The zero-order valence-electron chi connectivity index (χ0n) is 34.3. The van der Waals surface area contributed by atoms with E-state index in [-0.39, 0.29) is 0 Å². The lowest BCUT2D eigenvalue weighted by atomic mass is 9.96. The average molecular weight is 806 g/mol. The summed E-state index contributed by atoms with van der Waals surface area (Å²) >= 11 is 0. The fourth-order valence-electron chi connectivity index (χ4n) is 10.4. The first-order valence-corrected chi connectivity index (χ1v) is 21.6. The van der Waals surface area contributed by atoms with Gasteiger partial charge in [0.25, 0.3) is 0 Å². The van der Waals surface area contributed by atoms with E-state index in [1.165, 1.54) is 39.2 Å². The molecule has 7 aromatic carbocycles. The quantitative estimate of drug-likeness (QED) is 0.177. The highest BCUT2D eigenvalue weighted by molar-refractivity contribution is 6.13. The van der Waals surface area contributed by atoms with Gasteiger partial charge in [-0.3, -0.25) is 4.98 Å². The third kappa shape index (κ3) is 5.27. The van der Waals surface area contributed by atoms with Gasteiger partial charge in [-0.25, -0.2) is 0 Å². The second kappa shape index (κ2) is 14.1. The molecule has 5 nitrogen and oxygen atoms in total. The molecule has 10 aromatic rings. The van der Waals surface area contributed by atoms with Crippen molar-refractivity contribution in [3.05, 3.63) is 224 Å². The van der Waals surface area contributed by atoms with Crippen LogP contribution in [0, 0.1) is 0 Å². The zero-order chi connectivity index (χ0) is 41.4. The lowest BCUT2D eigenvalue weighted by molar-refractivity contribution is 1.07. The Morgan fingerprint density at radius 3 is 1.59 bits per heavy atom. The lowest BCUT2D eigenvalue weighted by Gasteiger charge is -2.28. The monoisotopic (exact) mass is 805 g/mol. The van der Waals surface area contributed by atoms with Crippen LogP contribution in [0.4, 0.5) is 34.1 Å². The molecule has 3 aromatic heterocycles. The van der Waals surface area contributed by atoms with Crippen molar-refractivity contribution in [2.75, 3.05) is 9.80 Å². The SMILES string of the molecule is C1=Cc2c3c(n(-c4cccc(N5c6ccccc6-c6c(n(-c7ccccc7)c7ccncc67)-c6ccccc65)c4)c2C=CC1)-c1ccccc1N(c1ccccc1)c1ccccc1-3. The summed E-state index contributed by atoms with van der Waals surface area (Å²) in [5, 5.41) is 1.12. The molecular weight excluding hydrogens is 767 g/mol. The molecule has 0 fully saturated rings. The summed E-state index contributed by atoms with van der Waals surface area (Å²) < 4.78 is 4.93. The molecule has 5 heteroatoms. The molecule has 0 N–H and O–H groups in total. The number of para-hydroxylation sites is 6. The molecule has 5 heterocycles. The first kappa shape index (κ1) is 35.4. The van der Waals surface area contributed by atoms with Crippen molar-refractivity contribution >= 4 is 57.2 Å². The molecule has 1 aliphatic carbocycles. The van der Waals surface area contributed by atoms with Gasteiger partial charge in [-0.05, 0) is 85.3 Å². The van der Waals surface area contributed by atoms with Crippen molar-refractivity contribution < 1.29 is 0 Å². The van der Waals surface area contributed by atoms with E-state index >= 15 is 0 Å². The maximum atomic E-state index is 4.70. The van der Waals surface area contributed by atoms with Crippen LogP contribution in [0.1, 0.15) is 17.7 Å². The van der Waals surface area contributed by atoms with Gasteiger partial charge in [0.15, 0.2) is 0 Å². The van der Waals surface area contributed by atoms with E-state index in [1.807, 2.05) is 12.4 Å². The smallest absolute Gasteiger partial charge is 0.0641 e. The second-order valence-electron chi connectivity index (χ2n) is 16.3. The highest BCUT2D eigenvalue weighted by atomic mass is 15.2. The van der Waals surface area contributed by atoms with Crippen LogP contribution in [0.5, 0.6) is 0 Å². The molecule has 0 unspecified atom stereocenters.